The molecule has 0 radical (unpaired) electrons. The van der Waals surface area contributed by atoms with Gasteiger partial charge in [0.15, 0.2) is 0 Å². The summed E-state index contributed by atoms with van der Waals surface area (Å²) in [5.74, 6) is -0.463. The fourth-order valence-corrected chi connectivity index (χ4v) is 2.42. The molecule has 1 amide bonds. The van der Waals surface area contributed by atoms with Crippen LogP contribution < -0.4 is 5.32 Å². The molecule has 1 fully saturated rings. The van der Waals surface area contributed by atoms with Crippen LogP contribution in [0.3, 0.4) is 0 Å². The number of rotatable bonds is 3. The first-order valence-corrected chi connectivity index (χ1v) is 7.02. The third kappa shape index (κ3) is 3.20. The fraction of sp³-hybridized carbons (Fsp3) is 0.385. The van der Waals surface area contributed by atoms with Gasteiger partial charge in [0, 0.05) is 29.8 Å². The highest BCUT2D eigenvalue weighted by Gasteiger charge is 2.40. The first-order chi connectivity index (χ1) is 9.98. The van der Waals surface area contributed by atoms with E-state index in [1.807, 2.05) is 0 Å². The van der Waals surface area contributed by atoms with Gasteiger partial charge in [-0.1, -0.05) is 0 Å². The average molecular weight is 354 g/mol. The van der Waals surface area contributed by atoms with Crippen LogP contribution >= 0.6 is 15.9 Å². The van der Waals surface area contributed by atoms with E-state index in [1.54, 1.807) is 0 Å². The van der Waals surface area contributed by atoms with E-state index in [9.17, 15) is 20.2 Å². The predicted octanol–water partition coefficient (Wildman–Crippen LogP) is 2.62. The Bertz CT molecular complexity index is 620. The summed E-state index contributed by atoms with van der Waals surface area (Å²) in [6, 6.07) is 6.12. The molecule has 0 aliphatic carbocycles. The van der Waals surface area contributed by atoms with E-state index in [0.717, 1.165) is 0 Å². The molecule has 0 unspecified atom stereocenters. The van der Waals surface area contributed by atoms with E-state index in [2.05, 4.69) is 27.3 Å². The van der Waals surface area contributed by atoms with Gasteiger partial charge in [0.2, 0.25) is 5.91 Å². The van der Waals surface area contributed by atoms with Gasteiger partial charge in [-0.25, -0.2) is 0 Å². The Morgan fingerprint density at radius 2 is 2.14 bits per heavy atom. The van der Waals surface area contributed by atoms with Gasteiger partial charge in [-0.15, -0.1) is 0 Å². The van der Waals surface area contributed by atoms with Crippen molar-refractivity contribution in [2.75, 3.05) is 18.5 Å². The summed E-state index contributed by atoms with van der Waals surface area (Å²) < 4.78 is 5.69. The van der Waals surface area contributed by atoms with E-state index in [-0.39, 0.29) is 11.4 Å². The highest BCUT2D eigenvalue weighted by Crippen LogP contribution is 2.33. The number of ether oxygens (including phenoxy) is 1. The third-order valence-corrected chi connectivity index (χ3v) is 4.10. The molecule has 0 aromatic heterocycles. The maximum atomic E-state index is 12.4. The van der Waals surface area contributed by atoms with Crippen LogP contribution in [0, 0.1) is 26.9 Å². The number of anilines is 1. The quantitative estimate of drug-likeness (QED) is 0.664. The number of nitrogens with one attached hydrogen (secondary N) is 1. The number of nitrogens with zero attached hydrogens (tertiary/aromatic N) is 2. The van der Waals surface area contributed by atoms with Crippen molar-refractivity contribution in [3.8, 4) is 6.07 Å². The van der Waals surface area contributed by atoms with E-state index < -0.39 is 16.2 Å². The fourth-order valence-electron chi connectivity index (χ4n) is 2.07. The molecule has 0 bridgehead atoms. The van der Waals surface area contributed by atoms with Crippen LogP contribution in [0.2, 0.25) is 0 Å². The Kier molecular flexibility index (Phi) is 4.55. The van der Waals surface area contributed by atoms with E-state index in [1.165, 1.54) is 18.2 Å². The zero-order valence-electron chi connectivity index (χ0n) is 11.0. The van der Waals surface area contributed by atoms with Crippen LogP contribution in [0.5, 0.6) is 0 Å². The Balaban J connectivity index is 2.25. The Morgan fingerprint density at radius 3 is 2.71 bits per heavy atom. The summed E-state index contributed by atoms with van der Waals surface area (Å²) in [5, 5.41) is 22.7. The number of nitriles is 1. The highest BCUT2D eigenvalue weighted by molar-refractivity contribution is 9.10. The summed E-state index contributed by atoms with van der Waals surface area (Å²) in [6.45, 7) is 0.689. The summed E-state index contributed by atoms with van der Waals surface area (Å²) in [4.78, 5) is 22.6. The molecule has 21 heavy (non-hydrogen) atoms. The van der Waals surface area contributed by atoms with Crippen LogP contribution in [0.4, 0.5) is 11.4 Å². The van der Waals surface area contributed by atoms with Gasteiger partial charge in [-0.05, 0) is 34.8 Å². The molecule has 1 aromatic carbocycles. The van der Waals surface area contributed by atoms with Crippen molar-refractivity contribution < 1.29 is 14.5 Å². The molecular weight excluding hydrogens is 342 g/mol. The molecule has 0 saturated carbocycles. The molecule has 1 aliphatic heterocycles. The molecule has 2 rings (SSSR count). The Morgan fingerprint density at radius 1 is 1.48 bits per heavy atom. The largest absolute Gasteiger partial charge is 0.381 e. The minimum atomic E-state index is -1.15. The number of carbonyl (C=O) groups is 1. The van der Waals surface area contributed by atoms with Crippen LogP contribution in [0.15, 0.2) is 22.7 Å². The number of nitro groups is 1. The Labute approximate surface area is 129 Å². The predicted molar refractivity (Wildman–Crippen MR) is 77.5 cm³/mol. The first-order valence-electron chi connectivity index (χ1n) is 6.23. The minimum Gasteiger partial charge on any atom is -0.381 e. The number of hydrogen-bond acceptors (Lipinski definition) is 5. The minimum absolute atomic E-state index is 0.133. The lowest BCUT2D eigenvalue weighted by Crippen LogP contribution is -2.40. The van der Waals surface area contributed by atoms with Gasteiger partial charge in [-0.2, -0.15) is 5.26 Å². The van der Waals surface area contributed by atoms with Gasteiger partial charge >= 0.3 is 0 Å². The van der Waals surface area contributed by atoms with Crippen molar-refractivity contribution in [2.45, 2.75) is 12.8 Å². The summed E-state index contributed by atoms with van der Waals surface area (Å²) in [5.41, 5.74) is -1.01. The van der Waals surface area contributed by atoms with Crippen molar-refractivity contribution in [3.63, 3.8) is 0 Å². The summed E-state index contributed by atoms with van der Waals surface area (Å²) in [6.07, 6.45) is 0.615. The van der Waals surface area contributed by atoms with Crippen molar-refractivity contribution in [1.82, 2.24) is 0 Å². The third-order valence-electron chi connectivity index (χ3n) is 3.40. The SMILES string of the molecule is N#CC1(C(=O)Nc2cc([N+](=O)[O-])ccc2Br)CCOCC1. The number of carbonyl (C=O) groups excluding carboxylic acids is 1. The highest BCUT2D eigenvalue weighted by atomic mass is 79.9. The van der Waals surface area contributed by atoms with Crippen molar-refractivity contribution in [1.29, 1.82) is 5.26 Å². The molecule has 7 nitrogen and oxygen atoms in total. The number of amides is 1. The Hall–Kier alpha value is -1.98. The van der Waals surface area contributed by atoms with Gasteiger partial charge < -0.3 is 10.1 Å². The number of halogens is 1. The second kappa shape index (κ2) is 6.20. The maximum Gasteiger partial charge on any atom is 0.271 e. The molecule has 0 atom stereocenters. The summed E-state index contributed by atoms with van der Waals surface area (Å²) >= 11 is 3.23. The van der Waals surface area contributed by atoms with E-state index >= 15 is 0 Å². The van der Waals surface area contributed by atoms with Crippen LogP contribution in [-0.4, -0.2) is 24.0 Å². The van der Waals surface area contributed by atoms with Gasteiger partial charge in [0.25, 0.3) is 5.69 Å². The number of benzene rings is 1. The van der Waals surface area contributed by atoms with Crippen LogP contribution in [0.1, 0.15) is 12.8 Å². The number of nitro benzene ring substituents is 1. The molecule has 1 N–H and O–H groups in total. The summed E-state index contributed by atoms with van der Waals surface area (Å²) in [7, 11) is 0. The lowest BCUT2D eigenvalue weighted by molar-refractivity contribution is -0.384. The smallest absolute Gasteiger partial charge is 0.271 e. The second-order valence-electron chi connectivity index (χ2n) is 4.68. The standard InChI is InChI=1S/C13H12BrN3O4/c14-10-2-1-9(17(19)20)7-11(10)16-12(18)13(8-15)3-5-21-6-4-13/h1-2,7H,3-6H2,(H,16,18). The molecule has 1 aromatic rings. The molecule has 1 saturated heterocycles. The second-order valence-corrected chi connectivity index (χ2v) is 5.54. The van der Waals surface area contributed by atoms with Crippen LogP contribution in [0.25, 0.3) is 0 Å². The van der Waals surface area contributed by atoms with Crippen molar-refractivity contribution in [2.24, 2.45) is 5.41 Å². The molecule has 110 valence electrons. The molecular formula is C13H12BrN3O4. The molecule has 0 spiro atoms. The number of non-ortho nitro benzene ring substituents is 1. The zero-order chi connectivity index (χ0) is 15.5. The molecule has 1 aliphatic rings. The average Bonchev–Trinajstić information content (AvgIpc) is 2.49. The van der Waals surface area contributed by atoms with Crippen LogP contribution in [-0.2, 0) is 9.53 Å². The van der Waals surface area contributed by atoms with Crippen molar-refractivity contribution in [3.05, 3.63) is 32.8 Å². The van der Waals surface area contributed by atoms with Gasteiger partial charge in [-0.3, -0.25) is 14.9 Å². The van der Waals surface area contributed by atoms with E-state index in [4.69, 9.17) is 4.74 Å². The zero-order valence-corrected chi connectivity index (χ0v) is 12.6. The number of hydrogen-bond donors (Lipinski definition) is 1. The van der Waals surface area contributed by atoms with Crippen molar-refractivity contribution >= 4 is 33.2 Å². The topological polar surface area (TPSA) is 105 Å². The maximum absolute atomic E-state index is 12.4. The molecule has 1 heterocycles. The lowest BCUT2D eigenvalue weighted by atomic mass is 9.81. The normalized spacial score (nSPS) is 16.8. The monoisotopic (exact) mass is 353 g/mol. The first kappa shape index (κ1) is 15.4. The van der Waals surface area contributed by atoms with Gasteiger partial charge in [0.1, 0.15) is 5.41 Å². The molecule has 8 heteroatoms. The van der Waals surface area contributed by atoms with E-state index in [0.29, 0.717) is 30.5 Å². The lowest BCUT2D eigenvalue weighted by Gasteiger charge is -2.29. The van der Waals surface area contributed by atoms with Gasteiger partial charge in [0.05, 0.1) is 16.7 Å².